The van der Waals surface area contributed by atoms with E-state index in [-0.39, 0.29) is 23.6 Å². The van der Waals surface area contributed by atoms with Gasteiger partial charge in [0.1, 0.15) is 0 Å². The number of rotatable bonds is 8. The van der Waals surface area contributed by atoms with Crippen LogP contribution in [0.25, 0.3) is 0 Å². The molecule has 1 saturated heterocycles. The molecule has 118 valence electrons. The van der Waals surface area contributed by atoms with Gasteiger partial charge >= 0.3 is 6.03 Å². The summed E-state index contributed by atoms with van der Waals surface area (Å²) >= 11 is 0. The van der Waals surface area contributed by atoms with Crippen molar-refractivity contribution in [3.05, 3.63) is 0 Å². The second-order valence-corrected chi connectivity index (χ2v) is 7.77. The van der Waals surface area contributed by atoms with Crippen molar-refractivity contribution in [3.8, 4) is 0 Å². The first-order chi connectivity index (χ1) is 9.50. The Kier molecular flexibility index (Phi) is 7.34. The standard InChI is InChI=1S/C14H28N2O3S/c1-3-5-7-9-15-14(17)16(10-6-4-2)13-8-11-20(18,19)12-13/h13H,3-12H2,1-2H3,(H,15,17)/t13-/m0/s1. The van der Waals surface area contributed by atoms with Crippen molar-refractivity contribution in [2.45, 2.75) is 58.4 Å². The molecule has 1 heterocycles. The molecule has 0 aromatic carbocycles. The number of unbranched alkanes of at least 4 members (excludes halogenated alkanes) is 3. The molecular formula is C14H28N2O3S. The van der Waals surface area contributed by atoms with Crippen LogP contribution in [0.4, 0.5) is 4.79 Å². The normalized spacial score (nSPS) is 20.8. The molecule has 20 heavy (non-hydrogen) atoms. The fraction of sp³-hybridized carbons (Fsp3) is 0.929. The van der Waals surface area contributed by atoms with Crippen LogP contribution in [0.2, 0.25) is 0 Å². The first-order valence-corrected chi connectivity index (χ1v) is 9.57. The summed E-state index contributed by atoms with van der Waals surface area (Å²) in [4.78, 5) is 14.0. The number of nitrogens with zero attached hydrogens (tertiary/aromatic N) is 1. The second-order valence-electron chi connectivity index (χ2n) is 5.54. The number of urea groups is 1. The topological polar surface area (TPSA) is 66.5 Å². The smallest absolute Gasteiger partial charge is 0.317 e. The number of sulfone groups is 1. The summed E-state index contributed by atoms with van der Waals surface area (Å²) in [5.41, 5.74) is 0. The SMILES string of the molecule is CCCCCNC(=O)N(CCCC)[C@H]1CCS(=O)(=O)C1. The van der Waals surface area contributed by atoms with Crippen molar-refractivity contribution in [1.82, 2.24) is 10.2 Å². The zero-order chi connectivity index (χ0) is 15.0. The first kappa shape index (κ1) is 17.3. The predicted molar refractivity (Wildman–Crippen MR) is 81.6 cm³/mol. The minimum atomic E-state index is -2.95. The molecule has 0 saturated carbocycles. The summed E-state index contributed by atoms with van der Waals surface area (Å²) in [6, 6.07) is -0.241. The van der Waals surface area contributed by atoms with Crippen LogP contribution in [0, 0.1) is 0 Å². The molecule has 1 N–H and O–H groups in total. The average molecular weight is 304 g/mol. The van der Waals surface area contributed by atoms with E-state index >= 15 is 0 Å². The highest BCUT2D eigenvalue weighted by Gasteiger charge is 2.34. The molecule has 0 bridgehead atoms. The lowest BCUT2D eigenvalue weighted by atomic mass is 10.2. The van der Waals surface area contributed by atoms with Crippen LogP contribution >= 0.6 is 0 Å². The molecule has 0 spiro atoms. The summed E-state index contributed by atoms with van der Waals surface area (Å²) in [7, 11) is -2.95. The fourth-order valence-electron chi connectivity index (χ4n) is 2.47. The Balaban J connectivity index is 2.52. The Morgan fingerprint density at radius 2 is 1.90 bits per heavy atom. The third kappa shape index (κ3) is 5.69. The lowest BCUT2D eigenvalue weighted by Crippen LogP contribution is -2.47. The van der Waals surface area contributed by atoms with Gasteiger partial charge in [0.2, 0.25) is 0 Å². The first-order valence-electron chi connectivity index (χ1n) is 7.75. The van der Waals surface area contributed by atoms with Gasteiger partial charge in [0.25, 0.3) is 0 Å². The van der Waals surface area contributed by atoms with E-state index in [0.29, 0.717) is 19.5 Å². The Hall–Kier alpha value is -0.780. The van der Waals surface area contributed by atoms with Gasteiger partial charge in [0.05, 0.1) is 11.5 Å². The summed E-state index contributed by atoms with van der Waals surface area (Å²) in [6.07, 6.45) is 5.70. The fourth-order valence-corrected chi connectivity index (χ4v) is 4.20. The van der Waals surface area contributed by atoms with Crippen molar-refractivity contribution in [2.75, 3.05) is 24.6 Å². The van der Waals surface area contributed by atoms with Gasteiger partial charge in [-0.3, -0.25) is 0 Å². The van der Waals surface area contributed by atoms with Crippen LogP contribution in [0.3, 0.4) is 0 Å². The van der Waals surface area contributed by atoms with Gasteiger partial charge in [-0.15, -0.1) is 0 Å². The molecule has 2 amide bonds. The molecule has 0 aliphatic carbocycles. The Morgan fingerprint density at radius 3 is 2.45 bits per heavy atom. The van der Waals surface area contributed by atoms with Crippen LogP contribution in [-0.4, -0.2) is 50.0 Å². The quantitative estimate of drug-likeness (QED) is 0.699. The molecule has 1 rings (SSSR count). The maximum Gasteiger partial charge on any atom is 0.317 e. The molecule has 0 aromatic heterocycles. The maximum absolute atomic E-state index is 12.2. The lowest BCUT2D eigenvalue weighted by Gasteiger charge is -2.28. The molecule has 1 atom stereocenters. The molecule has 1 aliphatic heterocycles. The zero-order valence-corrected chi connectivity index (χ0v) is 13.5. The van der Waals surface area contributed by atoms with Crippen LogP contribution in [0.5, 0.6) is 0 Å². The van der Waals surface area contributed by atoms with E-state index in [1.54, 1.807) is 4.90 Å². The third-order valence-corrected chi connectivity index (χ3v) is 5.47. The Morgan fingerprint density at radius 1 is 1.20 bits per heavy atom. The largest absolute Gasteiger partial charge is 0.338 e. The van der Waals surface area contributed by atoms with Gasteiger partial charge in [0.15, 0.2) is 9.84 Å². The van der Waals surface area contributed by atoms with Crippen molar-refractivity contribution in [2.24, 2.45) is 0 Å². The van der Waals surface area contributed by atoms with Crippen LogP contribution in [0.15, 0.2) is 0 Å². The second kappa shape index (κ2) is 8.49. The van der Waals surface area contributed by atoms with E-state index in [9.17, 15) is 13.2 Å². The van der Waals surface area contributed by atoms with Gasteiger partial charge in [-0.2, -0.15) is 0 Å². The van der Waals surface area contributed by atoms with E-state index in [1.807, 2.05) is 0 Å². The minimum Gasteiger partial charge on any atom is -0.338 e. The number of hydrogen-bond acceptors (Lipinski definition) is 3. The summed E-state index contributed by atoms with van der Waals surface area (Å²) in [6.45, 7) is 5.52. The van der Waals surface area contributed by atoms with Gasteiger partial charge in [0, 0.05) is 19.1 Å². The van der Waals surface area contributed by atoms with Crippen molar-refractivity contribution < 1.29 is 13.2 Å². The number of amides is 2. The van der Waals surface area contributed by atoms with E-state index in [1.165, 1.54) is 0 Å². The highest BCUT2D eigenvalue weighted by Crippen LogP contribution is 2.18. The molecule has 5 nitrogen and oxygen atoms in total. The monoisotopic (exact) mass is 304 g/mol. The molecule has 1 fully saturated rings. The third-order valence-electron chi connectivity index (χ3n) is 3.72. The van der Waals surface area contributed by atoms with Gasteiger partial charge in [-0.25, -0.2) is 13.2 Å². The van der Waals surface area contributed by atoms with Gasteiger partial charge < -0.3 is 10.2 Å². The molecule has 0 aromatic rings. The average Bonchev–Trinajstić information content (AvgIpc) is 2.75. The van der Waals surface area contributed by atoms with Crippen LogP contribution < -0.4 is 5.32 Å². The molecule has 6 heteroatoms. The summed E-state index contributed by atoms with van der Waals surface area (Å²) in [5.74, 6) is 0.336. The van der Waals surface area contributed by atoms with E-state index in [0.717, 1.165) is 32.1 Å². The van der Waals surface area contributed by atoms with Crippen molar-refractivity contribution in [3.63, 3.8) is 0 Å². The van der Waals surface area contributed by atoms with Crippen LogP contribution in [0.1, 0.15) is 52.4 Å². The highest BCUT2D eigenvalue weighted by atomic mass is 32.2. The zero-order valence-electron chi connectivity index (χ0n) is 12.7. The van der Waals surface area contributed by atoms with Crippen molar-refractivity contribution >= 4 is 15.9 Å². The Labute approximate surface area is 123 Å². The van der Waals surface area contributed by atoms with Gasteiger partial charge in [-0.05, 0) is 19.3 Å². The summed E-state index contributed by atoms with van der Waals surface area (Å²) in [5, 5.41) is 2.92. The Bertz CT molecular complexity index is 395. The maximum atomic E-state index is 12.2. The van der Waals surface area contributed by atoms with Crippen LogP contribution in [-0.2, 0) is 9.84 Å². The molecular weight excluding hydrogens is 276 g/mol. The molecule has 0 unspecified atom stereocenters. The number of carbonyl (C=O) groups is 1. The number of carbonyl (C=O) groups excluding carboxylic acids is 1. The van der Waals surface area contributed by atoms with E-state index in [4.69, 9.17) is 0 Å². The van der Waals surface area contributed by atoms with E-state index < -0.39 is 9.84 Å². The predicted octanol–water partition coefficient (Wildman–Crippen LogP) is 2.18. The van der Waals surface area contributed by atoms with Crippen molar-refractivity contribution in [1.29, 1.82) is 0 Å². The molecule has 1 aliphatic rings. The van der Waals surface area contributed by atoms with Gasteiger partial charge in [-0.1, -0.05) is 33.1 Å². The van der Waals surface area contributed by atoms with E-state index in [2.05, 4.69) is 19.2 Å². The number of nitrogens with one attached hydrogen (secondary N) is 1. The molecule has 0 radical (unpaired) electrons. The summed E-state index contributed by atoms with van der Waals surface area (Å²) < 4.78 is 23.2. The highest BCUT2D eigenvalue weighted by molar-refractivity contribution is 7.91. The number of hydrogen-bond donors (Lipinski definition) is 1. The minimum absolute atomic E-state index is 0.100. The lowest BCUT2D eigenvalue weighted by molar-refractivity contribution is 0.179.